The zero-order chi connectivity index (χ0) is 15.1. The van der Waals surface area contributed by atoms with Crippen molar-refractivity contribution in [3.63, 3.8) is 0 Å². The molecule has 0 aliphatic rings. The van der Waals surface area contributed by atoms with E-state index in [-0.39, 0.29) is 18.3 Å². The van der Waals surface area contributed by atoms with Crippen LogP contribution in [0.1, 0.15) is 27.7 Å². The summed E-state index contributed by atoms with van der Waals surface area (Å²) in [6, 6.07) is 5.84. The predicted octanol–water partition coefficient (Wildman–Crippen LogP) is 3.35. The third-order valence-corrected chi connectivity index (χ3v) is 2.68. The monoisotopic (exact) mass is 281 g/mol. The summed E-state index contributed by atoms with van der Waals surface area (Å²) < 4.78 is 18.4. The molecule has 1 aromatic carbocycles. The molecule has 0 unspecified atom stereocenters. The Bertz CT molecular complexity index is 422. The van der Waals surface area contributed by atoms with E-state index in [1.807, 2.05) is 4.90 Å². The Kier molecular flexibility index (Phi) is 6.49. The highest BCUT2D eigenvalue weighted by molar-refractivity contribution is 5.77. The normalized spacial score (nSPS) is 10.9. The van der Waals surface area contributed by atoms with Crippen molar-refractivity contribution in [1.82, 2.24) is 4.90 Å². The molecule has 4 heteroatoms. The SMILES string of the molecule is CC(C)CN(CC(C)C)C(=O)COc1cccc(F)c1. The Morgan fingerprint density at radius 2 is 1.80 bits per heavy atom. The van der Waals surface area contributed by atoms with Gasteiger partial charge in [-0.2, -0.15) is 0 Å². The van der Waals surface area contributed by atoms with Crippen LogP contribution in [0, 0.1) is 17.7 Å². The van der Waals surface area contributed by atoms with Crippen LogP contribution in [0.15, 0.2) is 24.3 Å². The van der Waals surface area contributed by atoms with Gasteiger partial charge in [-0.25, -0.2) is 4.39 Å². The Labute approximate surface area is 120 Å². The van der Waals surface area contributed by atoms with Crippen LogP contribution in [0.4, 0.5) is 4.39 Å². The first-order valence-corrected chi connectivity index (χ1v) is 7.04. The molecule has 0 aliphatic heterocycles. The van der Waals surface area contributed by atoms with Gasteiger partial charge in [-0.15, -0.1) is 0 Å². The maximum absolute atomic E-state index is 13.0. The molecule has 20 heavy (non-hydrogen) atoms. The van der Waals surface area contributed by atoms with Crippen molar-refractivity contribution < 1.29 is 13.9 Å². The van der Waals surface area contributed by atoms with E-state index in [1.165, 1.54) is 12.1 Å². The van der Waals surface area contributed by atoms with Gasteiger partial charge in [-0.05, 0) is 24.0 Å². The Balaban J connectivity index is 2.57. The minimum atomic E-state index is -0.365. The lowest BCUT2D eigenvalue weighted by atomic mass is 10.1. The Hall–Kier alpha value is -1.58. The molecule has 0 saturated heterocycles. The molecule has 0 N–H and O–H groups in total. The number of halogens is 1. The van der Waals surface area contributed by atoms with E-state index in [9.17, 15) is 9.18 Å². The first-order chi connectivity index (χ1) is 9.38. The second-order valence-corrected chi connectivity index (χ2v) is 5.83. The highest BCUT2D eigenvalue weighted by Gasteiger charge is 2.16. The van der Waals surface area contributed by atoms with Crippen LogP contribution in [-0.4, -0.2) is 30.5 Å². The molecule has 0 atom stereocenters. The molecule has 0 spiro atoms. The fourth-order valence-corrected chi connectivity index (χ4v) is 1.95. The van der Waals surface area contributed by atoms with E-state index < -0.39 is 0 Å². The molecule has 0 fully saturated rings. The summed E-state index contributed by atoms with van der Waals surface area (Å²) >= 11 is 0. The molecule has 0 bridgehead atoms. The molecular formula is C16H24FNO2. The van der Waals surface area contributed by atoms with Gasteiger partial charge in [0.05, 0.1) is 0 Å². The van der Waals surface area contributed by atoms with Gasteiger partial charge in [0.15, 0.2) is 6.61 Å². The highest BCUT2D eigenvalue weighted by Crippen LogP contribution is 2.12. The molecule has 0 aromatic heterocycles. The summed E-state index contributed by atoms with van der Waals surface area (Å²) in [6.07, 6.45) is 0. The number of carbonyl (C=O) groups is 1. The summed E-state index contributed by atoms with van der Waals surface area (Å²) in [5, 5.41) is 0. The minimum Gasteiger partial charge on any atom is -0.484 e. The zero-order valence-corrected chi connectivity index (χ0v) is 12.7. The van der Waals surface area contributed by atoms with E-state index >= 15 is 0 Å². The number of rotatable bonds is 7. The Morgan fingerprint density at radius 1 is 1.20 bits per heavy atom. The van der Waals surface area contributed by atoms with Crippen LogP contribution in [0.25, 0.3) is 0 Å². The smallest absolute Gasteiger partial charge is 0.260 e. The number of ether oxygens (including phenoxy) is 1. The van der Waals surface area contributed by atoms with E-state index in [0.29, 0.717) is 30.7 Å². The van der Waals surface area contributed by atoms with Gasteiger partial charge in [0, 0.05) is 19.2 Å². The number of amides is 1. The summed E-state index contributed by atoms with van der Waals surface area (Å²) in [5.41, 5.74) is 0. The van der Waals surface area contributed by atoms with E-state index in [4.69, 9.17) is 4.74 Å². The van der Waals surface area contributed by atoms with Gasteiger partial charge in [0.2, 0.25) is 0 Å². The van der Waals surface area contributed by atoms with Crippen LogP contribution >= 0.6 is 0 Å². The summed E-state index contributed by atoms with van der Waals surface area (Å²) in [4.78, 5) is 14.0. The van der Waals surface area contributed by atoms with Crippen molar-refractivity contribution in [2.75, 3.05) is 19.7 Å². The van der Waals surface area contributed by atoms with Gasteiger partial charge in [-0.1, -0.05) is 33.8 Å². The first kappa shape index (κ1) is 16.5. The number of carbonyl (C=O) groups excluding carboxylic acids is 1. The molecule has 112 valence electrons. The van der Waals surface area contributed by atoms with Gasteiger partial charge in [-0.3, -0.25) is 4.79 Å². The average Bonchev–Trinajstić information content (AvgIpc) is 2.34. The molecule has 3 nitrogen and oxygen atoms in total. The largest absolute Gasteiger partial charge is 0.484 e. The standard InChI is InChI=1S/C16H24FNO2/c1-12(2)9-18(10-13(3)4)16(19)11-20-15-7-5-6-14(17)8-15/h5-8,12-13H,9-11H2,1-4H3. The fraction of sp³-hybridized carbons (Fsp3) is 0.562. The van der Waals surface area contributed by atoms with Gasteiger partial charge in [0.1, 0.15) is 11.6 Å². The zero-order valence-electron chi connectivity index (χ0n) is 12.7. The van der Waals surface area contributed by atoms with Crippen molar-refractivity contribution >= 4 is 5.91 Å². The quantitative estimate of drug-likeness (QED) is 0.767. The third kappa shape index (κ3) is 6.04. The minimum absolute atomic E-state index is 0.0527. The topological polar surface area (TPSA) is 29.5 Å². The lowest BCUT2D eigenvalue weighted by molar-refractivity contribution is -0.134. The van der Waals surface area contributed by atoms with Gasteiger partial charge in [0.25, 0.3) is 5.91 Å². The van der Waals surface area contributed by atoms with Crippen molar-refractivity contribution in [3.8, 4) is 5.75 Å². The lowest BCUT2D eigenvalue weighted by Gasteiger charge is -2.26. The summed E-state index contributed by atoms with van der Waals surface area (Å²) in [7, 11) is 0. The maximum Gasteiger partial charge on any atom is 0.260 e. The molecule has 1 amide bonds. The van der Waals surface area contributed by atoms with Crippen LogP contribution in [0.3, 0.4) is 0 Å². The number of benzene rings is 1. The van der Waals surface area contributed by atoms with Crippen LogP contribution in [0.5, 0.6) is 5.75 Å². The maximum atomic E-state index is 13.0. The Morgan fingerprint density at radius 3 is 2.30 bits per heavy atom. The van der Waals surface area contributed by atoms with Gasteiger partial charge < -0.3 is 9.64 Å². The summed E-state index contributed by atoms with van der Waals surface area (Å²) in [6.45, 7) is 9.68. The van der Waals surface area contributed by atoms with E-state index in [1.54, 1.807) is 12.1 Å². The van der Waals surface area contributed by atoms with Crippen LogP contribution in [-0.2, 0) is 4.79 Å². The molecule has 1 rings (SSSR count). The molecular weight excluding hydrogens is 257 g/mol. The third-order valence-electron chi connectivity index (χ3n) is 2.68. The number of nitrogens with zero attached hydrogens (tertiary/aromatic N) is 1. The van der Waals surface area contributed by atoms with Crippen molar-refractivity contribution in [3.05, 3.63) is 30.1 Å². The molecule has 0 radical (unpaired) electrons. The molecule has 0 heterocycles. The van der Waals surface area contributed by atoms with Crippen LogP contribution < -0.4 is 4.74 Å². The first-order valence-electron chi connectivity index (χ1n) is 7.04. The average molecular weight is 281 g/mol. The second-order valence-electron chi connectivity index (χ2n) is 5.83. The van der Waals surface area contributed by atoms with Crippen molar-refractivity contribution in [2.24, 2.45) is 11.8 Å². The van der Waals surface area contributed by atoms with E-state index in [0.717, 1.165) is 0 Å². The summed E-state index contributed by atoms with van der Waals surface area (Å²) in [5.74, 6) is 0.777. The highest BCUT2D eigenvalue weighted by atomic mass is 19.1. The molecule has 0 aliphatic carbocycles. The van der Waals surface area contributed by atoms with Crippen molar-refractivity contribution in [2.45, 2.75) is 27.7 Å². The van der Waals surface area contributed by atoms with Crippen LogP contribution in [0.2, 0.25) is 0 Å². The van der Waals surface area contributed by atoms with Gasteiger partial charge >= 0.3 is 0 Å². The molecule has 1 aromatic rings. The number of hydrogen-bond acceptors (Lipinski definition) is 2. The second kappa shape index (κ2) is 7.88. The lowest BCUT2D eigenvalue weighted by Crippen LogP contribution is -2.39. The van der Waals surface area contributed by atoms with E-state index in [2.05, 4.69) is 27.7 Å². The van der Waals surface area contributed by atoms with Crippen molar-refractivity contribution in [1.29, 1.82) is 0 Å². The number of hydrogen-bond donors (Lipinski definition) is 0. The predicted molar refractivity (Wildman–Crippen MR) is 78.2 cm³/mol. The molecule has 0 saturated carbocycles. The fourth-order valence-electron chi connectivity index (χ4n) is 1.95.